The Kier molecular flexibility index (Phi) is 14.0. The zero-order valence-electron chi connectivity index (χ0n) is 25.6. The second-order valence-corrected chi connectivity index (χ2v) is 10.3. The van der Waals surface area contributed by atoms with Crippen molar-refractivity contribution in [1.82, 2.24) is 10.8 Å². The normalized spacial score (nSPS) is 10.8. The highest BCUT2D eigenvalue weighted by atomic mass is 17.2. The minimum atomic E-state index is -1.22. The Morgan fingerprint density at radius 3 is 2.00 bits per heavy atom. The van der Waals surface area contributed by atoms with Crippen LogP contribution in [0.2, 0.25) is 0 Å². The number of hydrogen-bond acceptors (Lipinski definition) is 10. The third-order valence-electron chi connectivity index (χ3n) is 6.88. The van der Waals surface area contributed by atoms with Crippen molar-refractivity contribution in [2.24, 2.45) is 0 Å². The molecule has 0 atom stereocenters. The lowest BCUT2D eigenvalue weighted by Crippen LogP contribution is -2.29. The molecule has 4 aromatic rings. The highest BCUT2D eigenvalue weighted by Crippen LogP contribution is 2.17. The maximum atomic E-state index is 12.9. The summed E-state index contributed by atoms with van der Waals surface area (Å²) in [6.45, 7) is 0.941. The number of carboxylic acid groups (broad SMARTS) is 1. The molecule has 0 bridgehead atoms. The molecule has 0 fully saturated rings. The number of carboxylic acids is 1. The van der Waals surface area contributed by atoms with Gasteiger partial charge >= 0.3 is 11.9 Å². The molecule has 47 heavy (non-hydrogen) atoms. The molecule has 0 unspecified atom stereocenters. The zero-order valence-corrected chi connectivity index (χ0v) is 25.6. The van der Waals surface area contributed by atoms with E-state index in [-0.39, 0.29) is 50.7 Å². The van der Waals surface area contributed by atoms with Crippen LogP contribution < -0.4 is 10.8 Å². The number of aromatic carboxylic acids is 1. The molecular weight excluding hydrogens is 608 g/mol. The first-order valence-electron chi connectivity index (χ1n) is 14.8. The van der Waals surface area contributed by atoms with Gasteiger partial charge in [0, 0.05) is 13.1 Å². The van der Waals surface area contributed by atoms with E-state index in [0.717, 1.165) is 11.1 Å². The van der Waals surface area contributed by atoms with Gasteiger partial charge in [0.2, 0.25) is 0 Å². The first kappa shape index (κ1) is 34.9. The number of benzene rings is 4. The van der Waals surface area contributed by atoms with Gasteiger partial charge in [-0.05, 0) is 58.5 Å². The number of nitrogens with one attached hydrogen (secondary N) is 2. The number of carbonyl (C=O) groups excluding carboxylic acids is 2. The summed E-state index contributed by atoms with van der Waals surface area (Å²) >= 11 is 0. The van der Waals surface area contributed by atoms with E-state index in [1.165, 1.54) is 12.1 Å². The van der Waals surface area contributed by atoms with Crippen molar-refractivity contribution in [1.29, 1.82) is 0 Å². The summed E-state index contributed by atoms with van der Waals surface area (Å²) < 4.78 is 5.40. The quantitative estimate of drug-likeness (QED) is 0.0458. The number of hydrogen-bond donors (Lipinski definition) is 4. The molecule has 0 spiro atoms. The van der Waals surface area contributed by atoms with E-state index in [1.807, 2.05) is 60.7 Å². The zero-order chi connectivity index (χ0) is 33.3. The molecular formula is C35H36N2O10. The molecule has 0 saturated heterocycles. The van der Waals surface area contributed by atoms with Crippen molar-refractivity contribution in [3.8, 4) is 0 Å². The number of esters is 1. The first-order valence-corrected chi connectivity index (χ1v) is 14.8. The van der Waals surface area contributed by atoms with E-state index in [9.17, 15) is 19.5 Å². The molecule has 0 heterocycles. The molecule has 0 aliphatic heterocycles. The van der Waals surface area contributed by atoms with Gasteiger partial charge in [-0.25, -0.2) is 29.7 Å². The number of amides is 1. The average Bonchev–Trinajstić information content (AvgIpc) is 3.10. The third-order valence-corrected chi connectivity index (χ3v) is 6.88. The van der Waals surface area contributed by atoms with Crippen molar-refractivity contribution in [3.63, 3.8) is 0 Å². The molecule has 246 valence electrons. The number of carbonyl (C=O) groups is 3. The van der Waals surface area contributed by atoms with E-state index in [4.69, 9.17) is 24.6 Å². The van der Waals surface area contributed by atoms with Crippen molar-refractivity contribution >= 4 is 17.8 Å². The summed E-state index contributed by atoms with van der Waals surface area (Å²) in [7, 11) is 0. The molecule has 0 saturated carbocycles. The maximum absolute atomic E-state index is 12.9. The van der Waals surface area contributed by atoms with Gasteiger partial charge in [-0.2, -0.15) is 0 Å². The summed E-state index contributed by atoms with van der Waals surface area (Å²) in [6.07, 6.45) is 0.461. The van der Waals surface area contributed by atoms with Crippen molar-refractivity contribution in [2.75, 3.05) is 13.1 Å². The highest BCUT2D eigenvalue weighted by molar-refractivity contribution is 6.04. The fourth-order valence-corrected chi connectivity index (χ4v) is 4.41. The smallest absolute Gasteiger partial charge is 0.338 e. The van der Waals surface area contributed by atoms with Crippen molar-refractivity contribution in [2.45, 2.75) is 39.5 Å². The fourth-order valence-electron chi connectivity index (χ4n) is 4.41. The van der Waals surface area contributed by atoms with Crippen LogP contribution in [0.3, 0.4) is 0 Å². The Morgan fingerprint density at radius 2 is 1.32 bits per heavy atom. The molecule has 0 aliphatic rings. The predicted molar refractivity (Wildman–Crippen MR) is 169 cm³/mol. The van der Waals surface area contributed by atoms with Crippen molar-refractivity contribution < 1.29 is 49.0 Å². The molecule has 12 nitrogen and oxygen atoms in total. The van der Waals surface area contributed by atoms with Crippen LogP contribution in [0.25, 0.3) is 0 Å². The Morgan fingerprint density at radius 1 is 0.638 bits per heavy atom. The average molecular weight is 645 g/mol. The number of hydroxylamine groups is 1. The summed E-state index contributed by atoms with van der Waals surface area (Å²) in [5.74, 6) is -2.27. The minimum absolute atomic E-state index is 0.00618. The second kappa shape index (κ2) is 18.9. The molecule has 12 heteroatoms. The fraction of sp³-hybridized carbons (Fsp3) is 0.229. The van der Waals surface area contributed by atoms with Gasteiger partial charge in [0.1, 0.15) is 26.4 Å². The highest BCUT2D eigenvalue weighted by Gasteiger charge is 2.17. The molecule has 0 radical (unpaired) electrons. The van der Waals surface area contributed by atoms with E-state index < -0.39 is 17.8 Å². The van der Waals surface area contributed by atoms with Gasteiger partial charge in [0.15, 0.2) is 0 Å². The first-order chi connectivity index (χ1) is 22.9. The monoisotopic (exact) mass is 644 g/mol. The lowest BCUT2D eigenvalue weighted by molar-refractivity contribution is -0.313. The van der Waals surface area contributed by atoms with Crippen LogP contribution >= 0.6 is 0 Å². The Labute approximate surface area is 271 Å². The van der Waals surface area contributed by atoms with Crippen LogP contribution in [0, 0.1) is 0 Å². The molecule has 4 rings (SSSR count). The van der Waals surface area contributed by atoms with E-state index in [2.05, 4.69) is 15.7 Å². The Hall–Kier alpha value is -4.95. The maximum Gasteiger partial charge on any atom is 0.338 e. The molecule has 4 aromatic carbocycles. The lowest BCUT2D eigenvalue weighted by atomic mass is 10.0. The molecule has 1 amide bonds. The number of ether oxygens (including phenoxy) is 1. The predicted octanol–water partition coefficient (Wildman–Crippen LogP) is 5.22. The van der Waals surface area contributed by atoms with E-state index >= 15 is 0 Å². The summed E-state index contributed by atoms with van der Waals surface area (Å²) in [6, 6.07) is 28.0. The largest absolute Gasteiger partial charge is 0.478 e. The van der Waals surface area contributed by atoms with Crippen LogP contribution in [0.1, 0.15) is 65.3 Å². The summed E-state index contributed by atoms with van der Waals surface area (Å²) in [5, 5.41) is 21.2. The minimum Gasteiger partial charge on any atom is -0.478 e. The third kappa shape index (κ3) is 11.4. The SMILES string of the molecule is O=C(OCc1ccccc1)c1ccc(COO)c(CONCCCNC(=O)c2cc(COOCc3ccccc3)ccc2C(=O)O)c1. The summed E-state index contributed by atoms with van der Waals surface area (Å²) in [5.41, 5.74) is 6.57. The van der Waals surface area contributed by atoms with Gasteiger partial charge in [-0.1, -0.05) is 72.8 Å². The van der Waals surface area contributed by atoms with Gasteiger partial charge in [0.05, 0.1) is 23.3 Å². The van der Waals surface area contributed by atoms with E-state index in [1.54, 1.807) is 24.3 Å². The van der Waals surface area contributed by atoms with Gasteiger partial charge in [0.25, 0.3) is 5.91 Å². The lowest BCUT2D eigenvalue weighted by Gasteiger charge is -2.13. The van der Waals surface area contributed by atoms with E-state index in [0.29, 0.717) is 35.2 Å². The molecule has 4 N–H and O–H groups in total. The van der Waals surface area contributed by atoms with Gasteiger partial charge in [-0.3, -0.25) is 14.9 Å². The second-order valence-electron chi connectivity index (χ2n) is 10.3. The summed E-state index contributed by atoms with van der Waals surface area (Å²) in [4.78, 5) is 57.5. The number of rotatable bonds is 19. The molecule has 0 aliphatic carbocycles. The van der Waals surface area contributed by atoms with Crippen LogP contribution in [0.15, 0.2) is 97.1 Å². The standard InChI is InChI=1S/C35H36N2O10/c38-33(32-18-27(12-15-31(32)34(39)40)22-47-46-21-26-10-5-2-6-11-26)36-16-7-17-37-44-23-30-19-28(13-14-29(30)24-45-42)35(41)43-20-25-8-3-1-4-9-25/h1-6,8-15,18-19,37,42H,7,16-17,20-24H2,(H,36,38)(H,39,40). The molecule has 0 aromatic heterocycles. The Bertz CT molecular complexity index is 1600. The van der Waals surface area contributed by atoms with Gasteiger partial charge < -0.3 is 15.2 Å². The van der Waals surface area contributed by atoms with Crippen LogP contribution in [-0.2, 0) is 57.3 Å². The van der Waals surface area contributed by atoms with Crippen molar-refractivity contribution in [3.05, 3.63) is 142 Å². The topological polar surface area (TPSA) is 162 Å². The van der Waals surface area contributed by atoms with Crippen LogP contribution in [0.5, 0.6) is 0 Å². The van der Waals surface area contributed by atoms with Crippen LogP contribution in [-0.4, -0.2) is 41.3 Å². The van der Waals surface area contributed by atoms with Gasteiger partial charge in [-0.15, -0.1) is 0 Å². The Balaban J connectivity index is 1.20. The van der Waals surface area contributed by atoms with Crippen LogP contribution in [0.4, 0.5) is 0 Å².